The van der Waals surface area contributed by atoms with Crippen LogP contribution in [0.1, 0.15) is 19.8 Å². The first-order valence-electron chi connectivity index (χ1n) is 5.95. The fourth-order valence-electron chi connectivity index (χ4n) is 2.73. The predicted molar refractivity (Wildman–Crippen MR) is 58.8 cm³/mol. The van der Waals surface area contributed by atoms with Crippen LogP contribution in [0.25, 0.3) is 0 Å². The summed E-state index contributed by atoms with van der Waals surface area (Å²) in [6, 6.07) is 0. The van der Waals surface area contributed by atoms with Gasteiger partial charge in [0.15, 0.2) is 0 Å². The van der Waals surface area contributed by atoms with Crippen molar-refractivity contribution in [1.82, 2.24) is 4.90 Å². The molecule has 1 aliphatic carbocycles. The predicted octanol–water partition coefficient (Wildman–Crippen LogP) is 0.215. The van der Waals surface area contributed by atoms with Gasteiger partial charge in [-0.1, -0.05) is 0 Å². The van der Waals surface area contributed by atoms with Gasteiger partial charge in [0.25, 0.3) is 0 Å². The van der Waals surface area contributed by atoms with Gasteiger partial charge in [0.2, 0.25) is 0 Å². The molecule has 0 amide bonds. The van der Waals surface area contributed by atoms with Crippen LogP contribution in [0, 0.1) is 0 Å². The van der Waals surface area contributed by atoms with Gasteiger partial charge in [-0.15, -0.1) is 0 Å². The van der Waals surface area contributed by atoms with Crippen molar-refractivity contribution in [1.29, 1.82) is 0 Å². The zero-order chi connectivity index (χ0) is 10.7. The van der Waals surface area contributed by atoms with Gasteiger partial charge in [-0.2, -0.15) is 0 Å². The molecule has 0 aromatic heterocycles. The second kappa shape index (κ2) is 4.78. The maximum Gasteiger partial charge on any atom is 0.0611 e. The van der Waals surface area contributed by atoms with Gasteiger partial charge in [-0.25, -0.2) is 0 Å². The Bertz CT molecular complexity index is 199. The van der Waals surface area contributed by atoms with E-state index in [0.29, 0.717) is 6.10 Å². The normalized spacial score (nSPS) is 37.6. The van der Waals surface area contributed by atoms with Crippen molar-refractivity contribution in [2.75, 3.05) is 39.5 Å². The number of rotatable bonds is 4. The molecule has 0 aromatic rings. The van der Waals surface area contributed by atoms with Crippen LogP contribution in [0.4, 0.5) is 0 Å². The number of hydrogen-bond acceptors (Lipinski definition) is 4. The maximum atomic E-state index is 5.92. The second-order valence-electron chi connectivity index (χ2n) is 4.51. The first-order valence-corrected chi connectivity index (χ1v) is 5.95. The van der Waals surface area contributed by atoms with Gasteiger partial charge in [0.1, 0.15) is 0 Å². The largest absolute Gasteiger partial charge is 0.379 e. The third kappa shape index (κ3) is 2.18. The fourth-order valence-corrected chi connectivity index (χ4v) is 2.73. The summed E-state index contributed by atoms with van der Waals surface area (Å²) < 4.78 is 11.0. The van der Waals surface area contributed by atoms with Gasteiger partial charge in [0, 0.05) is 31.8 Å². The Balaban J connectivity index is 1.87. The summed E-state index contributed by atoms with van der Waals surface area (Å²) in [5.41, 5.74) is 6.13. The van der Waals surface area contributed by atoms with E-state index in [0.717, 1.165) is 52.3 Å². The fraction of sp³-hybridized carbons (Fsp3) is 1.00. The zero-order valence-corrected chi connectivity index (χ0v) is 9.58. The van der Waals surface area contributed by atoms with Crippen molar-refractivity contribution in [3.63, 3.8) is 0 Å². The molecule has 0 atom stereocenters. The molecule has 1 saturated carbocycles. The number of nitrogens with zero attached hydrogens (tertiary/aromatic N) is 1. The Morgan fingerprint density at radius 1 is 1.40 bits per heavy atom. The summed E-state index contributed by atoms with van der Waals surface area (Å²) >= 11 is 0. The topological polar surface area (TPSA) is 47.7 Å². The minimum absolute atomic E-state index is 0.212. The number of hydrogen-bond donors (Lipinski definition) is 1. The van der Waals surface area contributed by atoms with E-state index in [-0.39, 0.29) is 5.54 Å². The van der Waals surface area contributed by atoms with E-state index >= 15 is 0 Å². The minimum Gasteiger partial charge on any atom is -0.379 e. The molecule has 1 heterocycles. The van der Waals surface area contributed by atoms with E-state index < -0.39 is 0 Å². The minimum atomic E-state index is 0.212. The summed E-state index contributed by atoms with van der Waals surface area (Å²) in [7, 11) is 0. The summed E-state index contributed by atoms with van der Waals surface area (Å²) in [6.45, 7) is 7.36. The molecule has 0 radical (unpaired) electrons. The lowest BCUT2D eigenvalue weighted by atomic mass is 9.72. The summed E-state index contributed by atoms with van der Waals surface area (Å²) in [4.78, 5) is 2.49. The smallest absolute Gasteiger partial charge is 0.0611 e. The van der Waals surface area contributed by atoms with Crippen LogP contribution < -0.4 is 5.73 Å². The van der Waals surface area contributed by atoms with Gasteiger partial charge in [0.05, 0.1) is 19.3 Å². The highest BCUT2D eigenvalue weighted by Gasteiger charge is 2.48. The molecule has 0 spiro atoms. The molecular weight excluding hydrogens is 192 g/mol. The quantitative estimate of drug-likeness (QED) is 0.727. The Morgan fingerprint density at radius 3 is 2.60 bits per heavy atom. The molecule has 1 aliphatic heterocycles. The van der Waals surface area contributed by atoms with Crippen LogP contribution in [0.15, 0.2) is 0 Å². The molecule has 88 valence electrons. The molecule has 4 nitrogen and oxygen atoms in total. The van der Waals surface area contributed by atoms with Crippen molar-refractivity contribution in [2.45, 2.75) is 31.4 Å². The summed E-state index contributed by atoms with van der Waals surface area (Å²) in [5.74, 6) is 0. The van der Waals surface area contributed by atoms with E-state index in [2.05, 4.69) is 11.8 Å². The molecule has 15 heavy (non-hydrogen) atoms. The van der Waals surface area contributed by atoms with Crippen LogP contribution >= 0.6 is 0 Å². The lowest BCUT2D eigenvalue weighted by Crippen LogP contribution is -2.66. The standard InChI is InChI=1S/C11H22N2O2/c1-2-15-10-7-11(8-10,9-12)13-3-5-14-6-4-13/h10H,2-9,12H2,1H3. The second-order valence-corrected chi connectivity index (χ2v) is 4.51. The Hall–Kier alpha value is -0.160. The molecule has 2 N–H and O–H groups in total. The third-order valence-corrected chi connectivity index (χ3v) is 3.68. The average molecular weight is 214 g/mol. The average Bonchev–Trinajstić information content (AvgIpc) is 2.24. The van der Waals surface area contributed by atoms with E-state index in [9.17, 15) is 0 Å². The number of morpholine rings is 1. The van der Waals surface area contributed by atoms with E-state index in [1.807, 2.05) is 0 Å². The number of ether oxygens (including phenoxy) is 2. The van der Waals surface area contributed by atoms with Crippen LogP contribution in [0.3, 0.4) is 0 Å². The third-order valence-electron chi connectivity index (χ3n) is 3.68. The highest BCUT2D eigenvalue weighted by Crippen LogP contribution is 2.39. The molecule has 1 saturated heterocycles. The van der Waals surface area contributed by atoms with Gasteiger partial charge in [-0.05, 0) is 19.8 Å². The lowest BCUT2D eigenvalue weighted by molar-refractivity contribution is -0.122. The monoisotopic (exact) mass is 214 g/mol. The van der Waals surface area contributed by atoms with E-state index in [4.69, 9.17) is 15.2 Å². The SMILES string of the molecule is CCOC1CC(CN)(N2CCOCC2)C1. The molecule has 2 fully saturated rings. The van der Waals surface area contributed by atoms with Crippen molar-refractivity contribution < 1.29 is 9.47 Å². The molecule has 2 aliphatic rings. The van der Waals surface area contributed by atoms with Crippen molar-refractivity contribution in [3.05, 3.63) is 0 Å². The lowest BCUT2D eigenvalue weighted by Gasteiger charge is -2.54. The molecule has 4 heteroatoms. The molecule has 0 aromatic carbocycles. The molecular formula is C11H22N2O2. The van der Waals surface area contributed by atoms with Crippen molar-refractivity contribution in [2.24, 2.45) is 5.73 Å². The maximum absolute atomic E-state index is 5.92. The van der Waals surface area contributed by atoms with Gasteiger partial charge < -0.3 is 15.2 Å². The highest BCUT2D eigenvalue weighted by atomic mass is 16.5. The van der Waals surface area contributed by atoms with E-state index in [1.54, 1.807) is 0 Å². The Morgan fingerprint density at radius 2 is 2.07 bits per heavy atom. The van der Waals surface area contributed by atoms with Gasteiger partial charge >= 0.3 is 0 Å². The van der Waals surface area contributed by atoms with E-state index in [1.165, 1.54) is 0 Å². The first kappa shape index (κ1) is 11.3. The highest BCUT2D eigenvalue weighted by molar-refractivity contribution is 5.04. The summed E-state index contributed by atoms with van der Waals surface area (Å²) in [6.07, 6.45) is 2.62. The Labute approximate surface area is 91.7 Å². The molecule has 0 bridgehead atoms. The van der Waals surface area contributed by atoms with Crippen LogP contribution in [0.5, 0.6) is 0 Å². The number of nitrogens with two attached hydrogens (primary N) is 1. The molecule has 2 rings (SSSR count). The van der Waals surface area contributed by atoms with Crippen molar-refractivity contribution >= 4 is 0 Å². The van der Waals surface area contributed by atoms with Crippen molar-refractivity contribution in [3.8, 4) is 0 Å². The molecule has 0 unspecified atom stereocenters. The van der Waals surface area contributed by atoms with Gasteiger partial charge in [-0.3, -0.25) is 4.90 Å². The van der Waals surface area contributed by atoms with Crippen LogP contribution in [0.2, 0.25) is 0 Å². The summed E-state index contributed by atoms with van der Waals surface area (Å²) in [5, 5.41) is 0. The van der Waals surface area contributed by atoms with Crippen LogP contribution in [-0.4, -0.2) is 56.0 Å². The zero-order valence-electron chi connectivity index (χ0n) is 9.58. The first-order chi connectivity index (χ1) is 7.30. The Kier molecular flexibility index (Phi) is 3.61. The van der Waals surface area contributed by atoms with Crippen LogP contribution in [-0.2, 0) is 9.47 Å².